The highest BCUT2D eigenvalue weighted by molar-refractivity contribution is 5.79. The Morgan fingerprint density at radius 2 is 2.17 bits per heavy atom. The zero-order valence-corrected chi connectivity index (χ0v) is 20.5. The molecule has 1 N–H and O–H groups in total. The first-order chi connectivity index (χ1) is 17.7. The number of aromatic nitrogens is 1. The summed E-state index contributed by atoms with van der Waals surface area (Å²) >= 11 is 0. The van der Waals surface area contributed by atoms with Crippen molar-refractivity contribution < 1.29 is 19.0 Å². The third kappa shape index (κ3) is 5.09. The third-order valence-corrected chi connectivity index (χ3v) is 6.99. The van der Waals surface area contributed by atoms with Crippen molar-refractivity contribution in [3.05, 3.63) is 65.7 Å². The van der Waals surface area contributed by atoms with Crippen LogP contribution in [0.4, 0.5) is 5.69 Å². The van der Waals surface area contributed by atoms with Crippen LogP contribution in [-0.2, 0) is 14.3 Å². The molecule has 0 spiro atoms. The van der Waals surface area contributed by atoms with Crippen LogP contribution < -0.4 is 15.0 Å². The Hall–Kier alpha value is -3.77. The number of nitrogens with zero attached hydrogens (tertiary/aromatic N) is 4. The van der Waals surface area contributed by atoms with Crippen LogP contribution in [0.2, 0.25) is 0 Å². The van der Waals surface area contributed by atoms with Crippen molar-refractivity contribution in [1.82, 2.24) is 15.2 Å². The first kappa shape index (κ1) is 23.9. The summed E-state index contributed by atoms with van der Waals surface area (Å²) in [6.07, 6.45) is 15.3. The zero-order chi connectivity index (χ0) is 24.9. The number of methoxy groups -OCH3 is 1. The molecule has 3 aliphatic heterocycles. The second-order valence-corrected chi connectivity index (χ2v) is 9.29. The van der Waals surface area contributed by atoms with E-state index in [1.165, 1.54) is 7.11 Å². The van der Waals surface area contributed by atoms with Gasteiger partial charge in [0.2, 0.25) is 11.8 Å². The Morgan fingerprint density at radius 1 is 1.31 bits per heavy atom. The number of carbonyl (C=O) groups excluding carboxylic acids is 1. The number of nitriles is 1. The monoisotopic (exact) mass is 489 g/mol. The van der Waals surface area contributed by atoms with Gasteiger partial charge in [0.25, 0.3) is 0 Å². The maximum Gasteiger partial charge on any atom is 0.231 e. The van der Waals surface area contributed by atoms with Crippen molar-refractivity contribution in [2.24, 2.45) is 5.92 Å². The lowest BCUT2D eigenvalue weighted by molar-refractivity contribution is -0.135. The molecule has 0 aromatic carbocycles. The van der Waals surface area contributed by atoms with Gasteiger partial charge in [-0.15, -0.1) is 0 Å². The second-order valence-electron chi connectivity index (χ2n) is 9.29. The molecule has 1 aliphatic carbocycles. The highest BCUT2D eigenvalue weighted by Crippen LogP contribution is 2.33. The van der Waals surface area contributed by atoms with Crippen molar-refractivity contribution >= 4 is 11.6 Å². The third-order valence-electron chi connectivity index (χ3n) is 6.99. The molecule has 0 unspecified atom stereocenters. The van der Waals surface area contributed by atoms with Crippen molar-refractivity contribution in [2.75, 3.05) is 38.2 Å². The Balaban J connectivity index is 1.31. The fourth-order valence-electron chi connectivity index (χ4n) is 5.03. The molecule has 0 radical (unpaired) electrons. The van der Waals surface area contributed by atoms with Gasteiger partial charge < -0.3 is 29.3 Å². The van der Waals surface area contributed by atoms with Crippen molar-refractivity contribution in [1.29, 1.82) is 5.26 Å². The van der Waals surface area contributed by atoms with Gasteiger partial charge in [-0.1, -0.05) is 6.08 Å². The van der Waals surface area contributed by atoms with Gasteiger partial charge in [0.05, 0.1) is 31.7 Å². The minimum atomic E-state index is -0.0387. The molecule has 0 bridgehead atoms. The molecule has 36 heavy (non-hydrogen) atoms. The molecule has 1 aromatic rings. The minimum Gasteiger partial charge on any atom is -0.488 e. The number of carbonyl (C=O) groups is 1. The summed E-state index contributed by atoms with van der Waals surface area (Å²) in [5, 5.41) is 12.7. The van der Waals surface area contributed by atoms with E-state index in [9.17, 15) is 10.1 Å². The second kappa shape index (κ2) is 10.9. The van der Waals surface area contributed by atoms with E-state index in [2.05, 4.69) is 22.4 Å². The molecule has 1 aromatic heterocycles. The number of allylic oxidation sites excluding steroid dienone is 3. The molecule has 188 valence electrons. The quantitative estimate of drug-likeness (QED) is 0.650. The summed E-state index contributed by atoms with van der Waals surface area (Å²) in [6, 6.07) is 3.85. The molecule has 9 heteroatoms. The number of amides is 1. The van der Waals surface area contributed by atoms with Crippen LogP contribution >= 0.6 is 0 Å². The molecule has 9 nitrogen and oxygen atoms in total. The van der Waals surface area contributed by atoms with Crippen LogP contribution in [0.3, 0.4) is 0 Å². The van der Waals surface area contributed by atoms with Crippen LogP contribution in [0.1, 0.15) is 37.7 Å². The first-order valence-electron chi connectivity index (χ1n) is 12.5. The van der Waals surface area contributed by atoms with Crippen LogP contribution in [0.15, 0.2) is 60.2 Å². The SMILES string of the molecule is COc1ncc(N2C=COC(C3=C(O[C@H]4CCN(C(=O)C5CCNCC5)C4)C=CCC3)=C2)cc1C#N. The molecule has 2 saturated heterocycles. The van der Waals surface area contributed by atoms with E-state index < -0.39 is 0 Å². The first-order valence-corrected chi connectivity index (χ1v) is 12.5. The average molecular weight is 490 g/mol. The smallest absolute Gasteiger partial charge is 0.231 e. The summed E-state index contributed by atoms with van der Waals surface area (Å²) in [5.74, 6) is 2.16. The van der Waals surface area contributed by atoms with Gasteiger partial charge in [0.1, 0.15) is 35.5 Å². The highest BCUT2D eigenvalue weighted by Gasteiger charge is 2.33. The van der Waals surface area contributed by atoms with Gasteiger partial charge in [-0.2, -0.15) is 5.26 Å². The van der Waals surface area contributed by atoms with E-state index in [4.69, 9.17) is 14.2 Å². The number of pyridine rings is 1. The highest BCUT2D eigenvalue weighted by atomic mass is 16.5. The largest absolute Gasteiger partial charge is 0.488 e. The lowest BCUT2D eigenvalue weighted by Gasteiger charge is -2.27. The number of anilines is 1. The van der Waals surface area contributed by atoms with Crippen molar-refractivity contribution in [2.45, 2.75) is 38.2 Å². The van der Waals surface area contributed by atoms with E-state index in [0.717, 1.165) is 68.8 Å². The van der Waals surface area contributed by atoms with Crippen molar-refractivity contribution in [3.63, 3.8) is 0 Å². The van der Waals surface area contributed by atoms with Gasteiger partial charge in [-0.25, -0.2) is 4.98 Å². The number of ether oxygens (including phenoxy) is 3. The van der Waals surface area contributed by atoms with E-state index in [-0.39, 0.29) is 17.9 Å². The normalized spacial score (nSPS) is 22.2. The molecule has 0 saturated carbocycles. The standard InChI is InChI=1S/C27H31N5O4/c1-34-26-20(15-28)14-21(16-30-26)31-12-13-35-25(18-31)23-4-2-3-5-24(23)36-22-8-11-32(17-22)27(33)19-6-9-29-10-7-19/h3,5,12-14,16,18-19,22,29H,2,4,6-11,17H2,1H3/t22-/m0/s1. The average Bonchev–Trinajstić information content (AvgIpc) is 3.41. The summed E-state index contributed by atoms with van der Waals surface area (Å²) in [5.41, 5.74) is 2.07. The maximum atomic E-state index is 12.9. The van der Waals surface area contributed by atoms with E-state index >= 15 is 0 Å². The van der Waals surface area contributed by atoms with E-state index in [0.29, 0.717) is 23.7 Å². The minimum absolute atomic E-state index is 0.0387. The summed E-state index contributed by atoms with van der Waals surface area (Å²) in [4.78, 5) is 21.0. The number of rotatable bonds is 6. The lowest BCUT2D eigenvalue weighted by atomic mass is 9.97. The van der Waals surface area contributed by atoms with Gasteiger partial charge in [0.15, 0.2) is 0 Å². The van der Waals surface area contributed by atoms with Crippen LogP contribution in [0.25, 0.3) is 0 Å². The lowest BCUT2D eigenvalue weighted by Crippen LogP contribution is -2.40. The van der Waals surface area contributed by atoms with Gasteiger partial charge in [-0.05, 0) is 50.9 Å². The molecule has 5 rings (SSSR count). The molecular formula is C27H31N5O4. The number of piperidine rings is 1. The fraction of sp³-hybridized carbons (Fsp3) is 0.444. The predicted molar refractivity (Wildman–Crippen MR) is 133 cm³/mol. The maximum absolute atomic E-state index is 12.9. The van der Waals surface area contributed by atoms with Crippen LogP contribution in [-0.4, -0.2) is 55.2 Å². The predicted octanol–water partition coefficient (Wildman–Crippen LogP) is 3.33. The van der Waals surface area contributed by atoms with E-state index in [1.54, 1.807) is 24.7 Å². The molecule has 2 fully saturated rings. The number of nitrogens with one attached hydrogen (secondary N) is 1. The van der Waals surface area contributed by atoms with Gasteiger partial charge in [0, 0.05) is 30.7 Å². The molecular weight excluding hydrogens is 458 g/mol. The number of likely N-dealkylation sites (tertiary alicyclic amines) is 1. The Bertz CT molecular complexity index is 1160. The van der Waals surface area contributed by atoms with Gasteiger partial charge in [-0.3, -0.25) is 4.79 Å². The summed E-state index contributed by atoms with van der Waals surface area (Å²) in [6.45, 7) is 3.18. The topological polar surface area (TPSA) is 100.0 Å². The molecule has 1 atom stereocenters. The molecule has 4 aliphatic rings. The van der Waals surface area contributed by atoms with E-state index in [1.807, 2.05) is 22.1 Å². The molecule has 1 amide bonds. The summed E-state index contributed by atoms with van der Waals surface area (Å²) < 4.78 is 17.5. The Morgan fingerprint density at radius 3 is 2.97 bits per heavy atom. The van der Waals surface area contributed by atoms with Crippen LogP contribution in [0.5, 0.6) is 5.88 Å². The Kier molecular flexibility index (Phi) is 7.23. The molecule has 4 heterocycles. The zero-order valence-electron chi connectivity index (χ0n) is 20.5. The summed E-state index contributed by atoms with van der Waals surface area (Å²) in [7, 11) is 1.49. The number of hydrogen-bond donors (Lipinski definition) is 1. The Labute approximate surface area is 211 Å². The van der Waals surface area contributed by atoms with Crippen LogP contribution in [0, 0.1) is 17.2 Å². The number of hydrogen-bond acceptors (Lipinski definition) is 8. The van der Waals surface area contributed by atoms with Crippen molar-refractivity contribution in [3.8, 4) is 11.9 Å². The fourth-order valence-corrected chi connectivity index (χ4v) is 5.03. The van der Waals surface area contributed by atoms with Gasteiger partial charge >= 0.3 is 0 Å².